The van der Waals surface area contributed by atoms with Crippen LogP contribution in [0.2, 0.25) is 0 Å². The minimum absolute atomic E-state index is 0.228. The van der Waals surface area contributed by atoms with Crippen molar-refractivity contribution in [3.05, 3.63) is 59.9 Å². The molecule has 1 atom stereocenters. The van der Waals surface area contributed by atoms with Crippen molar-refractivity contribution in [2.45, 2.75) is 13.0 Å². The molecule has 5 heteroatoms. The number of aromatic carboxylic acids is 1. The van der Waals surface area contributed by atoms with Gasteiger partial charge in [-0.2, -0.15) is 0 Å². The van der Waals surface area contributed by atoms with Crippen molar-refractivity contribution in [1.82, 2.24) is 10.3 Å². The number of hydrogen-bond acceptors (Lipinski definition) is 4. The largest absolute Gasteiger partial charge is 0.492 e. The lowest BCUT2D eigenvalue weighted by Crippen LogP contribution is -2.24. The Morgan fingerprint density at radius 1 is 1.24 bits per heavy atom. The summed E-state index contributed by atoms with van der Waals surface area (Å²) in [6.07, 6.45) is 3.54. The van der Waals surface area contributed by atoms with Crippen molar-refractivity contribution < 1.29 is 14.6 Å². The second kappa shape index (κ2) is 7.40. The van der Waals surface area contributed by atoms with Crippen LogP contribution in [0.25, 0.3) is 0 Å². The van der Waals surface area contributed by atoms with Gasteiger partial charge in [0.1, 0.15) is 12.4 Å². The third-order valence-corrected chi connectivity index (χ3v) is 3.13. The summed E-state index contributed by atoms with van der Waals surface area (Å²) >= 11 is 0. The number of carboxylic acid groups (broad SMARTS) is 1. The maximum absolute atomic E-state index is 10.7. The van der Waals surface area contributed by atoms with Crippen LogP contribution >= 0.6 is 0 Å². The average molecular weight is 286 g/mol. The number of aromatic nitrogens is 1. The second-order valence-corrected chi connectivity index (χ2v) is 4.63. The zero-order chi connectivity index (χ0) is 15.1. The molecule has 0 aliphatic heterocycles. The smallest absolute Gasteiger partial charge is 0.335 e. The molecule has 0 unspecified atom stereocenters. The normalized spacial score (nSPS) is 11.9. The predicted molar refractivity (Wildman–Crippen MR) is 79.6 cm³/mol. The lowest BCUT2D eigenvalue weighted by atomic mass is 10.1. The molecule has 0 spiro atoms. The quantitative estimate of drug-likeness (QED) is 0.765. The molecular weight excluding hydrogens is 268 g/mol. The molecule has 0 fully saturated rings. The monoisotopic (exact) mass is 286 g/mol. The molecule has 110 valence electrons. The summed E-state index contributed by atoms with van der Waals surface area (Å²) in [7, 11) is 0. The molecular formula is C16H18N2O3. The van der Waals surface area contributed by atoms with Gasteiger partial charge < -0.3 is 15.2 Å². The van der Waals surface area contributed by atoms with Gasteiger partial charge in [0.05, 0.1) is 5.56 Å². The van der Waals surface area contributed by atoms with Crippen molar-refractivity contribution in [2.24, 2.45) is 0 Å². The summed E-state index contributed by atoms with van der Waals surface area (Å²) in [5, 5.41) is 12.2. The second-order valence-electron chi connectivity index (χ2n) is 4.63. The molecule has 0 aliphatic carbocycles. The Morgan fingerprint density at radius 2 is 1.90 bits per heavy atom. The molecule has 2 aromatic rings. The van der Waals surface area contributed by atoms with E-state index in [0.717, 1.165) is 0 Å². The number of ether oxygens (including phenoxy) is 1. The van der Waals surface area contributed by atoms with E-state index in [1.54, 1.807) is 24.5 Å². The van der Waals surface area contributed by atoms with E-state index in [9.17, 15) is 4.79 Å². The van der Waals surface area contributed by atoms with Gasteiger partial charge in [0, 0.05) is 25.0 Å². The van der Waals surface area contributed by atoms with E-state index in [4.69, 9.17) is 9.84 Å². The SMILES string of the molecule is C[C@H](NCCOc1ccc(C(=O)O)cc1)c1ccncc1. The Bertz CT molecular complexity index is 570. The molecule has 21 heavy (non-hydrogen) atoms. The van der Waals surface area contributed by atoms with Crippen LogP contribution in [-0.4, -0.2) is 29.2 Å². The summed E-state index contributed by atoms with van der Waals surface area (Å²) in [6, 6.07) is 10.6. The maximum Gasteiger partial charge on any atom is 0.335 e. The van der Waals surface area contributed by atoms with Gasteiger partial charge >= 0.3 is 5.97 Å². The number of benzene rings is 1. The molecule has 2 N–H and O–H groups in total. The Morgan fingerprint density at radius 3 is 2.52 bits per heavy atom. The van der Waals surface area contributed by atoms with Crippen LogP contribution in [0.15, 0.2) is 48.8 Å². The van der Waals surface area contributed by atoms with Gasteiger partial charge in [0.15, 0.2) is 0 Å². The number of pyridine rings is 1. The minimum Gasteiger partial charge on any atom is -0.492 e. The van der Waals surface area contributed by atoms with Crippen LogP contribution in [0.1, 0.15) is 28.9 Å². The van der Waals surface area contributed by atoms with E-state index < -0.39 is 5.97 Å². The predicted octanol–water partition coefficient (Wildman–Crippen LogP) is 2.51. The summed E-state index contributed by atoms with van der Waals surface area (Å²) in [4.78, 5) is 14.7. The van der Waals surface area contributed by atoms with Gasteiger partial charge in [-0.3, -0.25) is 4.98 Å². The highest BCUT2D eigenvalue weighted by Crippen LogP contribution is 2.12. The van der Waals surface area contributed by atoms with Gasteiger partial charge in [0.2, 0.25) is 0 Å². The fourth-order valence-electron chi connectivity index (χ4n) is 1.91. The molecule has 2 rings (SSSR count). The van der Waals surface area contributed by atoms with E-state index >= 15 is 0 Å². The lowest BCUT2D eigenvalue weighted by Gasteiger charge is -2.14. The Hall–Kier alpha value is -2.40. The summed E-state index contributed by atoms with van der Waals surface area (Å²) < 4.78 is 5.56. The zero-order valence-electron chi connectivity index (χ0n) is 11.8. The number of nitrogens with zero attached hydrogens (tertiary/aromatic N) is 1. The van der Waals surface area contributed by atoms with E-state index in [-0.39, 0.29) is 11.6 Å². The molecule has 0 saturated carbocycles. The minimum atomic E-state index is -0.936. The van der Waals surface area contributed by atoms with Crippen LogP contribution in [0.3, 0.4) is 0 Å². The molecule has 0 bridgehead atoms. The average Bonchev–Trinajstić information content (AvgIpc) is 2.52. The van der Waals surface area contributed by atoms with Gasteiger partial charge in [0.25, 0.3) is 0 Å². The van der Waals surface area contributed by atoms with Gasteiger partial charge in [-0.1, -0.05) is 0 Å². The zero-order valence-corrected chi connectivity index (χ0v) is 11.8. The summed E-state index contributed by atoms with van der Waals surface area (Å²) in [6.45, 7) is 3.29. The van der Waals surface area contributed by atoms with Crippen molar-refractivity contribution >= 4 is 5.97 Å². The maximum atomic E-state index is 10.7. The number of rotatable bonds is 7. The third-order valence-electron chi connectivity index (χ3n) is 3.13. The van der Waals surface area contributed by atoms with Gasteiger partial charge in [-0.15, -0.1) is 0 Å². The number of carboxylic acids is 1. The molecule has 5 nitrogen and oxygen atoms in total. The molecule has 1 heterocycles. The fourth-order valence-corrected chi connectivity index (χ4v) is 1.91. The third kappa shape index (κ3) is 4.57. The van der Waals surface area contributed by atoms with E-state index in [0.29, 0.717) is 18.9 Å². The Labute approximate surface area is 123 Å². The van der Waals surface area contributed by atoms with Crippen molar-refractivity contribution in [3.8, 4) is 5.75 Å². The van der Waals surface area contributed by atoms with E-state index in [2.05, 4.69) is 17.2 Å². The summed E-state index contributed by atoms with van der Waals surface area (Å²) in [5.74, 6) is -0.271. The van der Waals surface area contributed by atoms with Crippen LogP contribution in [-0.2, 0) is 0 Å². The lowest BCUT2D eigenvalue weighted by molar-refractivity contribution is 0.0697. The first-order valence-electron chi connectivity index (χ1n) is 6.76. The number of hydrogen-bond donors (Lipinski definition) is 2. The fraction of sp³-hybridized carbons (Fsp3) is 0.250. The van der Waals surface area contributed by atoms with Crippen LogP contribution < -0.4 is 10.1 Å². The topological polar surface area (TPSA) is 71.5 Å². The molecule has 0 aliphatic rings. The number of carbonyl (C=O) groups is 1. The van der Waals surface area contributed by atoms with Crippen molar-refractivity contribution in [1.29, 1.82) is 0 Å². The first kappa shape index (κ1) is 15.0. The highest BCUT2D eigenvalue weighted by molar-refractivity contribution is 5.87. The molecule has 0 radical (unpaired) electrons. The Kier molecular flexibility index (Phi) is 5.29. The first-order valence-corrected chi connectivity index (χ1v) is 6.76. The first-order chi connectivity index (χ1) is 10.2. The van der Waals surface area contributed by atoms with Gasteiger partial charge in [-0.25, -0.2) is 4.79 Å². The van der Waals surface area contributed by atoms with Crippen LogP contribution in [0, 0.1) is 0 Å². The molecule has 0 saturated heterocycles. The van der Waals surface area contributed by atoms with Crippen LogP contribution in [0.5, 0.6) is 5.75 Å². The molecule has 1 aromatic heterocycles. The molecule has 0 amide bonds. The highest BCUT2D eigenvalue weighted by Gasteiger charge is 2.04. The van der Waals surface area contributed by atoms with Crippen molar-refractivity contribution in [3.63, 3.8) is 0 Å². The van der Waals surface area contributed by atoms with Gasteiger partial charge in [-0.05, 0) is 48.9 Å². The van der Waals surface area contributed by atoms with Crippen LogP contribution in [0.4, 0.5) is 0 Å². The number of nitrogens with one attached hydrogen (secondary N) is 1. The highest BCUT2D eigenvalue weighted by atomic mass is 16.5. The van der Waals surface area contributed by atoms with E-state index in [1.165, 1.54) is 17.7 Å². The summed E-state index contributed by atoms with van der Waals surface area (Å²) in [5.41, 5.74) is 1.43. The van der Waals surface area contributed by atoms with Crippen molar-refractivity contribution in [2.75, 3.05) is 13.2 Å². The Balaban J connectivity index is 1.73. The molecule has 1 aromatic carbocycles. The van der Waals surface area contributed by atoms with E-state index in [1.807, 2.05) is 12.1 Å². The standard InChI is InChI=1S/C16H18N2O3/c1-12(13-6-8-17-9-7-13)18-10-11-21-15-4-2-14(3-5-15)16(19)20/h2-9,12,18H,10-11H2,1H3,(H,19,20)/t12-/m0/s1.